The van der Waals surface area contributed by atoms with Gasteiger partial charge < -0.3 is 14.4 Å². The number of rotatable bonds is 7. The number of benzene rings is 3. The van der Waals surface area contributed by atoms with Crippen molar-refractivity contribution in [1.29, 1.82) is 0 Å². The molecule has 0 N–H and O–H groups in total. The lowest BCUT2D eigenvalue weighted by Gasteiger charge is -2.38. The second-order valence-corrected chi connectivity index (χ2v) is 9.29. The molecule has 3 aromatic rings. The van der Waals surface area contributed by atoms with Gasteiger partial charge in [0, 0.05) is 10.7 Å². The maximum Gasteiger partial charge on any atom is 0.232 e. The van der Waals surface area contributed by atoms with Crippen LogP contribution in [-0.4, -0.2) is 24.9 Å². The van der Waals surface area contributed by atoms with E-state index >= 15 is 0 Å². The van der Waals surface area contributed by atoms with Crippen molar-refractivity contribution in [3.8, 4) is 11.5 Å². The Hall–Kier alpha value is -2.63. The molecule has 1 aliphatic heterocycles. The van der Waals surface area contributed by atoms with E-state index in [2.05, 4.69) is 24.8 Å². The largest absolute Gasteiger partial charge is 0.493 e. The van der Waals surface area contributed by atoms with Gasteiger partial charge in [-0.3, -0.25) is 4.79 Å². The normalized spacial score (nSPS) is 15.5. The molecule has 0 fully saturated rings. The lowest BCUT2D eigenvalue weighted by molar-refractivity contribution is -0.118. The smallest absolute Gasteiger partial charge is 0.232 e. The molecule has 1 unspecified atom stereocenters. The molecule has 1 amide bonds. The molecule has 0 saturated carbocycles. The van der Waals surface area contributed by atoms with Crippen LogP contribution in [0, 0.1) is 0 Å². The molecule has 0 aliphatic carbocycles. The fraction of sp³-hybridized carbons (Fsp3) is 0.296. The van der Waals surface area contributed by atoms with E-state index in [1.807, 2.05) is 67.3 Å². The monoisotopic (exact) mass is 481 g/mol. The third-order valence-electron chi connectivity index (χ3n) is 5.75. The second-order valence-electron chi connectivity index (χ2n) is 8.40. The van der Waals surface area contributed by atoms with E-state index in [9.17, 15) is 4.79 Å². The van der Waals surface area contributed by atoms with Crippen molar-refractivity contribution >= 4 is 35.8 Å². The van der Waals surface area contributed by atoms with Gasteiger partial charge in [0.15, 0.2) is 11.5 Å². The molecule has 1 aliphatic rings. The van der Waals surface area contributed by atoms with Gasteiger partial charge in [0.25, 0.3) is 0 Å². The van der Waals surface area contributed by atoms with Crippen LogP contribution in [0.5, 0.6) is 11.5 Å². The van der Waals surface area contributed by atoms with Crippen LogP contribution < -0.4 is 14.4 Å². The number of thiol groups is 1. The van der Waals surface area contributed by atoms with Gasteiger partial charge in [0.05, 0.1) is 25.7 Å². The maximum atomic E-state index is 13.5. The Balaban J connectivity index is 1.87. The molecule has 4 rings (SSSR count). The summed E-state index contributed by atoms with van der Waals surface area (Å²) in [6, 6.07) is 19.5. The first-order chi connectivity index (χ1) is 15.9. The van der Waals surface area contributed by atoms with E-state index in [4.69, 9.17) is 21.1 Å². The van der Waals surface area contributed by atoms with Gasteiger partial charge in [-0.1, -0.05) is 35.9 Å². The van der Waals surface area contributed by atoms with Crippen molar-refractivity contribution in [3.05, 3.63) is 87.9 Å². The molecular weight excluding hydrogens is 454 g/mol. The molecule has 0 saturated heterocycles. The van der Waals surface area contributed by atoms with Crippen LogP contribution in [0.25, 0.3) is 0 Å². The second kappa shape index (κ2) is 10.1. The highest BCUT2D eigenvalue weighted by Crippen LogP contribution is 2.43. The van der Waals surface area contributed by atoms with Gasteiger partial charge in [0.2, 0.25) is 5.91 Å². The Morgan fingerprint density at radius 1 is 1.06 bits per heavy atom. The lowest BCUT2D eigenvalue weighted by atomic mass is 9.86. The number of fused-ring (bicyclic) bond motifs is 1. The van der Waals surface area contributed by atoms with E-state index < -0.39 is 0 Å². The highest BCUT2D eigenvalue weighted by molar-refractivity contribution is 7.80. The van der Waals surface area contributed by atoms with E-state index in [1.165, 1.54) is 5.56 Å². The fourth-order valence-electron chi connectivity index (χ4n) is 4.28. The molecule has 0 bridgehead atoms. The summed E-state index contributed by atoms with van der Waals surface area (Å²) in [5.74, 6) is 2.12. The topological polar surface area (TPSA) is 38.8 Å². The molecule has 33 heavy (non-hydrogen) atoms. The van der Waals surface area contributed by atoms with E-state index in [1.54, 1.807) is 7.11 Å². The number of nitrogens with zero attached hydrogens (tertiary/aromatic N) is 1. The van der Waals surface area contributed by atoms with Crippen LogP contribution in [0.15, 0.2) is 60.7 Å². The van der Waals surface area contributed by atoms with E-state index in [-0.39, 0.29) is 24.5 Å². The minimum absolute atomic E-state index is 0.00775. The molecule has 0 aromatic heterocycles. The van der Waals surface area contributed by atoms with Crippen LogP contribution in [-0.2, 0) is 17.6 Å². The zero-order valence-electron chi connectivity index (χ0n) is 19.0. The molecule has 0 radical (unpaired) electrons. The van der Waals surface area contributed by atoms with Gasteiger partial charge in [-0.05, 0) is 84.7 Å². The molecule has 6 heteroatoms. The highest BCUT2D eigenvalue weighted by atomic mass is 35.5. The maximum absolute atomic E-state index is 13.5. The highest BCUT2D eigenvalue weighted by Gasteiger charge is 2.36. The predicted molar refractivity (Wildman–Crippen MR) is 137 cm³/mol. The Bertz CT molecular complexity index is 1130. The number of carbonyl (C=O) groups is 1. The third-order valence-corrected chi connectivity index (χ3v) is 6.23. The molecule has 172 valence electrons. The molecule has 1 atom stereocenters. The number of hydrogen-bond acceptors (Lipinski definition) is 4. The van der Waals surface area contributed by atoms with Gasteiger partial charge in [0.1, 0.15) is 0 Å². The summed E-state index contributed by atoms with van der Waals surface area (Å²) in [4.78, 5) is 15.4. The van der Waals surface area contributed by atoms with Crippen LogP contribution >= 0.6 is 24.2 Å². The predicted octanol–water partition coefficient (Wildman–Crippen LogP) is 6.29. The van der Waals surface area contributed by atoms with Crippen molar-refractivity contribution < 1.29 is 14.3 Å². The molecule has 1 heterocycles. The molecule has 4 nitrogen and oxygen atoms in total. The minimum atomic E-state index is -0.310. The van der Waals surface area contributed by atoms with Gasteiger partial charge in [-0.25, -0.2) is 0 Å². The zero-order valence-corrected chi connectivity index (χ0v) is 20.7. The lowest BCUT2D eigenvalue weighted by Crippen LogP contribution is -2.41. The minimum Gasteiger partial charge on any atom is -0.493 e. The van der Waals surface area contributed by atoms with E-state index in [0.717, 1.165) is 34.6 Å². The van der Waals surface area contributed by atoms with Gasteiger partial charge in [-0.2, -0.15) is 12.6 Å². The Labute approximate surface area is 205 Å². The molecule has 0 spiro atoms. The van der Waals surface area contributed by atoms with Crippen LogP contribution in [0.2, 0.25) is 5.02 Å². The first-order valence-electron chi connectivity index (χ1n) is 11.1. The van der Waals surface area contributed by atoms with Crippen molar-refractivity contribution in [2.24, 2.45) is 0 Å². The summed E-state index contributed by atoms with van der Waals surface area (Å²) < 4.78 is 11.6. The average Bonchev–Trinajstić information content (AvgIpc) is 2.79. The summed E-state index contributed by atoms with van der Waals surface area (Å²) in [6.07, 6.45) is 1.17. The number of anilines is 1. The number of aryl methyl sites for hydroxylation is 1. The summed E-state index contributed by atoms with van der Waals surface area (Å²) in [6.45, 7) is 3.97. The van der Waals surface area contributed by atoms with Crippen LogP contribution in [0.4, 0.5) is 5.69 Å². The fourth-order valence-corrected chi connectivity index (χ4v) is 4.67. The number of hydrogen-bond donors (Lipinski definition) is 1. The van der Waals surface area contributed by atoms with Gasteiger partial charge in [-0.15, -0.1) is 0 Å². The zero-order chi connectivity index (χ0) is 23.5. The van der Waals surface area contributed by atoms with Crippen LogP contribution in [0.1, 0.15) is 42.1 Å². The Morgan fingerprint density at radius 2 is 1.76 bits per heavy atom. The summed E-state index contributed by atoms with van der Waals surface area (Å²) in [5.41, 5.74) is 4.99. The van der Waals surface area contributed by atoms with Crippen molar-refractivity contribution in [2.75, 3.05) is 17.8 Å². The standard InChI is InChI=1S/C27H28ClNO3S/c1-17(2)32-25-16-23-20(14-24(25)31-3)15-26(30)29(22-10-4-18(5-11-22)12-13-33)27(23)19-6-8-21(28)9-7-19/h4-11,14,16-17,27,33H,12-13,15H2,1-3H3. The first kappa shape index (κ1) is 23.5. The summed E-state index contributed by atoms with van der Waals surface area (Å²) in [7, 11) is 1.62. The van der Waals surface area contributed by atoms with Crippen molar-refractivity contribution in [2.45, 2.75) is 38.8 Å². The quantitative estimate of drug-likeness (QED) is 0.403. The number of carbonyl (C=O) groups excluding carboxylic acids is 1. The molecular formula is C27H28ClNO3S. The number of halogens is 1. The summed E-state index contributed by atoms with van der Waals surface area (Å²) in [5, 5.41) is 0.655. The average molecular weight is 482 g/mol. The van der Waals surface area contributed by atoms with Gasteiger partial charge >= 0.3 is 0 Å². The first-order valence-corrected chi connectivity index (χ1v) is 12.1. The van der Waals surface area contributed by atoms with Crippen molar-refractivity contribution in [1.82, 2.24) is 0 Å². The van der Waals surface area contributed by atoms with Crippen LogP contribution in [0.3, 0.4) is 0 Å². The molecule has 3 aromatic carbocycles. The Morgan fingerprint density at radius 3 is 2.36 bits per heavy atom. The van der Waals surface area contributed by atoms with Crippen molar-refractivity contribution in [3.63, 3.8) is 0 Å². The number of methoxy groups -OCH3 is 1. The number of ether oxygens (including phenoxy) is 2. The Kier molecular flexibility index (Phi) is 7.20. The SMILES string of the molecule is COc1cc2c(cc1OC(C)C)C(c1ccc(Cl)cc1)N(c1ccc(CCS)cc1)C(=O)C2. The van der Waals surface area contributed by atoms with E-state index in [0.29, 0.717) is 16.5 Å². The number of amides is 1. The summed E-state index contributed by atoms with van der Waals surface area (Å²) >= 11 is 10.5. The third kappa shape index (κ3) is 4.99.